The predicted molar refractivity (Wildman–Crippen MR) is 77.2 cm³/mol. The van der Waals surface area contributed by atoms with Crippen LogP contribution in [-0.2, 0) is 10.2 Å². The topological polar surface area (TPSA) is 9.23 Å². The van der Waals surface area contributed by atoms with E-state index < -0.39 is 0 Å². The fraction of sp³-hybridized carbons (Fsp3) is 0.222. The van der Waals surface area contributed by atoms with E-state index in [-0.39, 0.29) is 5.41 Å². The highest BCUT2D eigenvalue weighted by Crippen LogP contribution is 2.63. The Hall–Kier alpha value is -1.86. The molecule has 0 amide bonds. The van der Waals surface area contributed by atoms with Gasteiger partial charge in [0.05, 0.1) is 18.1 Å². The Labute approximate surface area is 113 Å². The molecule has 1 unspecified atom stereocenters. The molecule has 2 aromatic rings. The van der Waals surface area contributed by atoms with Crippen molar-refractivity contribution in [2.45, 2.75) is 17.9 Å². The zero-order chi connectivity index (χ0) is 12.9. The van der Waals surface area contributed by atoms with Gasteiger partial charge in [0.1, 0.15) is 0 Å². The third kappa shape index (κ3) is 1.34. The molecule has 2 aromatic carbocycles. The molecule has 1 saturated carbocycles. The molecule has 0 radical (unpaired) electrons. The molecular formula is C18H16O. The second-order valence-corrected chi connectivity index (χ2v) is 5.38. The monoisotopic (exact) mass is 248 g/mol. The van der Waals surface area contributed by atoms with Gasteiger partial charge in [0, 0.05) is 0 Å². The summed E-state index contributed by atoms with van der Waals surface area (Å²) in [5.41, 5.74) is 5.73. The van der Waals surface area contributed by atoms with E-state index in [1.165, 1.54) is 22.3 Å². The van der Waals surface area contributed by atoms with Crippen LogP contribution in [0.3, 0.4) is 0 Å². The zero-order valence-electron chi connectivity index (χ0n) is 10.8. The number of hydrogen-bond donors (Lipinski definition) is 0. The highest BCUT2D eigenvalue weighted by atomic mass is 16.5. The number of fused-ring (bicyclic) bond motifs is 5. The van der Waals surface area contributed by atoms with Gasteiger partial charge in [0.25, 0.3) is 0 Å². The van der Waals surface area contributed by atoms with Crippen molar-refractivity contribution in [3.05, 3.63) is 72.3 Å². The molecule has 0 bridgehead atoms. The Balaban J connectivity index is 1.87. The van der Waals surface area contributed by atoms with Gasteiger partial charge >= 0.3 is 0 Å². The van der Waals surface area contributed by atoms with E-state index in [9.17, 15) is 0 Å². The number of rotatable bonds is 3. The zero-order valence-corrected chi connectivity index (χ0v) is 10.8. The maximum absolute atomic E-state index is 5.94. The van der Waals surface area contributed by atoms with Gasteiger partial charge in [-0.3, -0.25) is 0 Å². The Morgan fingerprint density at radius 2 is 1.63 bits per heavy atom. The van der Waals surface area contributed by atoms with Crippen molar-refractivity contribution < 1.29 is 4.74 Å². The van der Waals surface area contributed by atoms with E-state index >= 15 is 0 Å². The van der Waals surface area contributed by atoms with E-state index in [2.05, 4.69) is 55.1 Å². The molecule has 0 saturated heterocycles. The molecule has 1 fully saturated rings. The van der Waals surface area contributed by atoms with Crippen LogP contribution in [0.1, 0.15) is 17.5 Å². The maximum Gasteiger partial charge on any atom is 0.0730 e. The van der Waals surface area contributed by atoms with Crippen LogP contribution < -0.4 is 0 Å². The minimum atomic E-state index is 0.107. The molecule has 0 N–H and O–H groups in total. The molecule has 1 spiro atoms. The Morgan fingerprint density at radius 1 is 1.05 bits per heavy atom. The fourth-order valence-corrected chi connectivity index (χ4v) is 3.54. The molecule has 4 rings (SSSR count). The second kappa shape index (κ2) is 3.82. The van der Waals surface area contributed by atoms with Gasteiger partial charge in [-0.1, -0.05) is 54.6 Å². The number of ether oxygens (including phenoxy) is 1. The van der Waals surface area contributed by atoms with Crippen molar-refractivity contribution in [3.8, 4) is 11.1 Å². The Morgan fingerprint density at radius 3 is 2.21 bits per heavy atom. The first-order chi connectivity index (χ1) is 9.38. The van der Waals surface area contributed by atoms with Crippen LogP contribution in [-0.4, -0.2) is 12.7 Å². The molecule has 94 valence electrons. The first kappa shape index (κ1) is 11.0. The predicted octanol–water partition coefficient (Wildman–Crippen LogP) is 3.93. The largest absolute Gasteiger partial charge is 0.373 e. The summed E-state index contributed by atoms with van der Waals surface area (Å²) in [5.74, 6) is 0. The van der Waals surface area contributed by atoms with Crippen LogP contribution in [0.15, 0.2) is 61.2 Å². The van der Waals surface area contributed by atoms with Crippen LogP contribution in [0.25, 0.3) is 11.1 Å². The highest BCUT2D eigenvalue weighted by Gasteiger charge is 2.61. The molecule has 2 aliphatic rings. The molecule has 1 heteroatoms. The van der Waals surface area contributed by atoms with Crippen LogP contribution >= 0.6 is 0 Å². The second-order valence-electron chi connectivity index (χ2n) is 5.38. The lowest BCUT2D eigenvalue weighted by Crippen LogP contribution is -2.13. The summed E-state index contributed by atoms with van der Waals surface area (Å²) >= 11 is 0. The molecule has 1 atom stereocenters. The quantitative estimate of drug-likeness (QED) is 0.748. The summed E-state index contributed by atoms with van der Waals surface area (Å²) in [6, 6.07) is 17.5. The van der Waals surface area contributed by atoms with Crippen molar-refractivity contribution in [1.82, 2.24) is 0 Å². The third-order valence-electron chi connectivity index (χ3n) is 4.42. The highest BCUT2D eigenvalue weighted by molar-refractivity contribution is 5.83. The first-order valence-corrected chi connectivity index (χ1v) is 6.80. The van der Waals surface area contributed by atoms with Gasteiger partial charge in [-0.15, -0.1) is 6.58 Å². The van der Waals surface area contributed by atoms with Gasteiger partial charge in [-0.05, 0) is 28.7 Å². The summed E-state index contributed by atoms with van der Waals surface area (Å²) < 4.78 is 5.94. The van der Waals surface area contributed by atoms with Crippen LogP contribution in [0.4, 0.5) is 0 Å². The van der Waals surface area contributed by atoms with E-state index in [0.717, 1.165) is 6.42 Å². The molecule has 0 aliphatic heterocycles. The van der Waals surface area contributed by atoms with Crippen molar-refractivity contribution in [3.63, 3.8) is 0 Å². The summed E-state index contributed by atoms with van der Waals surface area (Å²) in [6.45, 7) is 4.37. The van der Waals surface area contributed by atoms with Crippen LogP contribution in [0, 0.1) is 0 Å². The minimum Gasteiger partial charge on any atom is -0.373 e. The molecule has 1 nitrogen and oxygen atoms in total. The lowest BCUT2D eigenvalue weighted by molar-refractivity contribution is 0.134. The summed E-state index contributed by atoms with van der Waals surface area (Å²) in [7, 11) is 0. The van der Waals surface area contributed by atoms with E-state index in [1.54, 1.807) is 0 Å². The van der Waals surface area contributed by atoms with Gasteiger partial charge in [-0.25, -0.2) is 0 Å². The average Bonchev–Trinajstić information content (AvgIpc) is 3.13. The van der Waals surface area contributed by atoms with Crippen molar-refractivity contribution in [1.29, 1.82) is 0 Å². The molecule has 0 heterocycles. The lowest BCUT2D eigenvalue weighted by Gasteiger charge is -2.13. The Kier molecular flexibility index (Phi) is 2.21. The first-order valence-electron chi connectivity index (χ1n) is 6.80. The molecule has 0 aromatic heterocycles. The lowest BCUT2D eigenvalue weighted by atomic mass is 9.93. The van der Waals surface area contributed by atoms with Gasteiger partial charge in [0.2, 0.25) is 0 Å². The van der Waals surface area contributed by atoms with E-state index in [1.807, 2.05) is 6.08 Å². The standard InChI is InChI=1S/C18H16O/c1-2-11-19-17-12-18(17)15-9-5-3-7-13(15)14-8-4-6-10-16(14)18/h2-10,17H,1,11-12H2. The third-order valence-corrected chi connectivity index (χ3v) is 4.42. The normalized spacial score (nSPS) is 20.9. The Bertz CT molecular complexity index is 611. The van der Waals surface area contributed by atoms with E-state index in [0.29, 0.717) is 12.7 Å². The van der Waals surface area contributed by atoms with Gasteiger partial charge in [0.15, 0.2) is 0 Å². The van der Waals surface area contributed by atoms with Crippen molar-refractivity contribution in [2.24, 2.45) is 0 Å². The number of benzene rings is 2. The molecule has 2 aliphatic carbocycles. The SMILES string of the molecule is C=CCOC1CC12c1ccccc1-c1ccccc12. The smallest absolute Gasteiger partial charge is 0.0730 e. The minimum absolute atomic E-state index is 0.107. The van der Waals surface area contributed by atoms with Gasteiger partial charge < -0.3 is 4.74 Å². The summed E-state index contributed by atoms with van der Waals surface area (Å²) in [6.07, 6.45) is 3.23. The molecular weight excluding hydrogens is 232 g/mol. The summed E-state index contributed by atoms with van der Waals surface area (Å²) in [5, 5.41) is 0. The van der Waals surface area contributed by atoms with E-state index in [4.69, 9.17) is 4.74 Å². The fourth-order valence-electron chi connectivity index (χ4n) is 3.54. The number of hydrogen-bond acceptors (Lipinski definition) is 1. The molecule has 19 heavy (non-hydrogen) atoms. The van der Waals surface area contributed by atoms with Gasteiger partial charge in [-0.2, -0.15) is 0 Å². The average molecular weight is 248 g/mol. The maximum atomic E-state index is 5.94. The van der Waals surface area contributed by atoms with Crippen LogP contribution in [0.5, 0.6) is 0 Å². The van der Waals surface area contributed by atoms with Crippen molar-refractivity contribution in [2.75, 3.05) is 6.61 Å². The summed E-state index contributed by atoms with van der Waals surface area (Å²) in [4.78, 5) is 0. The van der Waals surface area contributed by atoms with Crippen LogP contribution in [0.2, 0.25) is 0 Å². The van der Waals surface area contributed by atoms with Crippen molar-refractivity contribution >= 4 is 0 Å².